The molecule has 0 saturated carbocycles. The lowest BCUT2D eigenvalue weighted by molar-refractivity contribution is 0.585. The molecule has 0 radical (unpaired) electrons. The van der Waals surface area contributed by atoms with Gasteiger partial charge in [-0.3, -0.25) is 0 Å². The molecule has 0 saturated heterocycles. The molecule has 0 fully saturated rings. The number of allylic oxidation sites excluding steroid dienone is 4. The monoisotopic (exact) mass is 255 g/mol. The normalized spacial score (nSPS) is 18.5. The molecule has 1 nitrogen and oxygen atoms in total. The van der Waals surface area contributed by atoms with Crippen molar-refractivity contribution in [3.8, 4) is 0 Å². The molecule has 1 aromatic rings. The van der Waals surface area contributed by atoms with Crippen LogP contribution in [-0.4, -0.2) is 6.04 Å². The number of nitrogens with two attached hydrogens (primary N) is 1. The first-order chi connectivity index (χ1) is 9.06. The summed E-state index contributed by atoms with van der Waals surface area (Å²) in [6.45, 7) is 6.46. The zero-order valence-corrected chi connectivity index (χ0v) is 12.3. The minimum absolute atomic E-state index is 0.234. The average molecular weight is 255 g/mol. The minimum atomic E-state index is 0.234. The predicted octanol–water partition coefficient (Wildman–Crippen LogP) is 4.48. The Hall–Kier alpha value is -1.34. The highest BCUT2D eigenvalue weighted by Gasteiger charge is 2.19. The van der Waals surface area contributed by atoms with Crippen molar-refractivity contribution in [3.63, 3.8) is 0 Å². The molecule has 1 aliphatic carbocycles. The highest BCUT2D eigenvalue weighted by Crippen LogP contribution is 2.34. The van der Waals surface area contributed by atoms with Gasteiger partial charge in [-0.1, -0.05) is 53.1 Å². The van der Waals surface area contributed by atoms with Crippen LogP contribution in [0.25, 0.3) is 0 Å². The average Bonchev–Trinajstić information content (AvgIpc) is 2.35. The molecule has 1 aliphatic rings. The molecule has 1 aromatic carbocycles. The van der Waals surface area contributed by atoms with Crippen molar-refractivity contribution in [3.05, 3.63) is 58.7 Å². The van der Waals surface area contributed by atoms with Gasteiger partial charge in [0.2, 0.25) is 0 Å². The summed E-state index contributed by atoms with van der Waals surface area (Å²) in [6, 6.07) is 9.10. The molecule has 2 unspecified atom stereocenters. The van der Waals surface area contributed by atoms with Gasteiger partial charge in [-0.05, 0) is 45.6 Å². The number of hydrogen-bond acceptors (Lipinski definition) is 1. The van der Waals surface area contributed by atoms with E-state index in [4.69, 9.17) is 5.73 Å². The maximum Gasteiger partial charge on any atom is 0.00661 e. The van der Waals surface area contributed by atoms with E-state index in [1.165, 1.54) is 29.5 Å². The van der Waals surface area contributed by atoms with Gasteiger partial charge in [0, 0.05) is 12.0 Å². The number of benzene rings is 1. The van der Waals surface area contributed by atoms with E-state index in [1.807, 2.05) is 0 Å². The molecule has 0 bridgehead atoms. The zero-order valence-electron chi connectivity index (χ0n) is 12.3. The molecule has 0 heterocycles. The third kappa shape index (κ3) is 3.81. The summed E-state index contributed by atoms with van der Waals surface area (Å²) in [5, 5.41) is 0. The number of aryl methyl sites for hydroxylation is 1. The van der Waals surface area contributed by atoms with Gasteiger partial charge in [0.25, 0.3) is 0 Å². The quantitative estimate of drug-likeness (QED) is 0.843. The van der Waals surface area contributed by atoms with E-state index in [-0.39, 0.29) is 6.04 Å². The van der Waals surface area contributed by atoms with E-state index in [2.05, 4.69) is 57.2 Å². The van der Waals surface area contributed by atoms with Crippen LogP contribution in [0.1, 0.15) is 50.2 Å². The standard InChI is InChI=1S/C18H25N/c1-13-6-4-8-16(10-13)18(12-15(3)19)17-9-5-7-14(2)11-17/h4,6-8,10-11,15,18H,5,9,12,19H2,1-3H3. The van der Waals surface area contributed by atoms with Crippen LogP contribution in [0.3, 0.4) is 0 Å². The first kappa shape index (κ1) is 14.1. The molecule has 19 heavy (non-hydrogen) atoms. The van der Waals surface area contributed by atoms with Crippen molar-refractivity contribution in [1.29, 1.82) is 0 Å². The second kappa shape index (κ2) is 6.21. The van der Waals surface area contributed by atoms with Gasteiger partial charge in [0.15, 0.2) is 0 Å². The first-order valence-electron chi connectivity index (χ1n) is 7.25. The topological polar surface area (TPSA) is 26.0 Å². The zero-order chi connectivity index (χ0) is 13.8. The van der Waals surface area contributed by atoms with Crippen molar-refractivity contribution in [2.45, 2.75) is 52.0 Å². The van der Waals surface area contributed by atoms with Gasteiger partial charge in [-0.25, -0.2) is 0 Å². The lowest BCUT2D eigenvalue weighted by Crippen LogP contribution is -2.20. The molecule has 2 atom stereocenters. The Morgan fingerprint density at radius 2 is 2.05 bits per heavy atom. The highest BCUT2D eigenvalue weighted by molar-refractivity contribution is 5.37. The molecule has 0 amide bonds. The van der Waals surface area contributed by atoms with Crippen molar-refractivity contribution in [2.24, 2.45) is 5.73 Å². The molecule has 0 spiro atoms. The van der Waals surface area contributed by atoms with Crippen LogP contribution in [0, 0.1) is 6.92 Å². The Labute approximate surface area is 117 Å². The van der Waals surface area contributed by atoms with E-state index in [0.29, 0.717) is 5.92 Å². The summed E-state index contributed by atoms with van der Waals surface area (Å²) >= 11 is 0. The van der Waals surface area contributed by atoms with Crippen LogP contribution in [-0.2, 0) is 0 Å². The highest BCUT2D eigenvalue weighted by atomic mass is 14.6. The predicted molar refractivity (Wildman–Crippen MR) is 83.3 cm³/mol. The fraction of sp³-hybridized carbons (Fsp3) is 0.444. The molecule has 2 N–H and O–H groups in total. The Balaban J connectivity index is 2.33. The Bertz CT molecular complexity index is 494. The third-order valence-electron chi connectivity index (χ3n) is 3.81. The van der Waals surface area contributed by atoms with Crippen LogP contribution in [0.15, 0.2) is 47.6 Å². The fourth-order valence-electron chi connectivity index (χ4n) is 2.93. The summed E-state index contributed by atoms with van der Waals surface area (Å²) in [7, 11) is 0. The summed E-state index contributed by atoms with van der Waals surface area (Å²) in [4.78, 5) is 0. The largest absolute Gasteiger partial charge is 0.328 e. The van der Waals surface area contributed by atoms with Gasteiger partial charge >= 0.3 is 0 Å². The number of hydrogen-bond donors (Lipinski definition) is 1. The Kier molecular flexibility index (Phi) is 4.60. The van der Waals surface area contributed by atoms with Crippen molar-refractivity contribution in [2.75, 3.05) is 0 Å². The Morgan fingerprint density at radius 3 is 2.68 bits per heavy atom. The van der Waals surface area contributed by atoms with Crippen LogP contribution < -0.4 is 5.73 Å². The van der Waals surface area contributed by atoms with Crippen LogP contribution in [0.2, 0.25) is 0 Å². The molecule has 0 aliphatic heterocycles. The van der Waals surface area contributed by atoms with E-state index in [9.17, 15) is 0 Å². The van der Waals surface area contributed by atoms with Gasteiger partial charge in [-0.15, -0.1) is 0 Å². The smallest absolute Gasteiger partial charge is 0.00661 e. The lowest BCUT2D eigenvalue weighted by atomic mass is 9.81. The summed E-state index contributed by atoms with van der Waals surface area (Å²) in [5.41, 5.74) is 11.7. The third-order valence-corrected chi connectivity index (χ3v) is 3.81. The number of rotatable bonds is 4. The molecular formula is C18H25N. The maximum atomic E-state index is 6.07. The molecule has 102 valence electrons. The second-order valence-electron chi connectivity index (χ2n) is 5.89. The summed E-state index contributed by atoms with van der Waals surface area (Å²) in [6.07, 6.45) is 8.05. The van der Waals surface area contributed by atoms with Gasteiger partial charge in [0.1, 0.15) is 0 Å². The SMILES string of the molecule is CC1=CCCC(C(CC(C)N)c2cccc(C)c2)=C1. The van der Waals surface area contributed by atoms with Crippen LogP contribution >= 0.6 is 0 Å². The van der Waals surface area contributed by atoms with Crippen molar-refractivity contribution in [1.82, 2.24) is 0 Å². The molecular weight excluding hydrogens is 230 g/mol. The maximum absolute atomic E-state index is 6.07. The van der Waals surface area contributed by atoms with E-state index < -0.39 is 0 Å². The van der Waals surface area contributed by atoms with Crippen LogP contribution in [0.5, 0.6) is 0 Å². The fourth-order valence-corrected chi connectivity index (χ4v) is 2.93. The summed E-state index contributed by atoms with van der Waals surface area (Å²) < 4.78 is 0. The van der Waals surface area contributed by atoms with E-state index in [0.717, 1.165) is 6.42 Å². The van der Waals surface area contributed by atoms with Crippen molar-refractivity contribution >= 4 is 0 Å². The second-order valence-corrected chi connectivity index (χ2v) is 5.89. The first-order valence-corrected chi connectivity index (χ1v) is 7.25. The molecule has 0 aromatic heterocycles. The molecule has 2 rings (SSSR count). The van der Waals surface area contributed by atoms with Gasteiger partial charge in [-0.2, -0.15) is 0 Å². The minimum Gasteiger partial charge on any atom is -0.328 e. The van der Waals surface area contributed by atoms with Gasteiger partial charge in [0.05, 0.1) is 0 Å². The Morgan fingerprint density at radius 1 is 1.26 bits per heavy atom. The van der Waals surface area contributed by atoms with E-state index in [1.54, 1.807) is 5.57 Å². The van der Waals surface area contributed by atoms with Crippen molar-refractivity contribution < 1.29 is 0 Å². The lowest BCUT2D eigenvalue weighted by Gasteiger charge is -2.25. The van der Waals surface area contributed by atoms with Gasteiger partial charge < -0.3 is 5.73 Å². The van der Waals surface area contributed by atoms with E-state index >= 15 is 0 Å². The molecule has 1 heteroatoms. The van der Waals surface area contributed by atoms with Crippen LogP contribution in [0.4, 0.5) is 0 Å². The summed E-state index contributed by atoms with van der Waals surface area (Å²) in [5.74, 6) is 0.476.